The van der Waals surface area contributed by atoms with Gasteiger partial charge in [0.15, 0.2) is 0 Å². The standard InChI is InChI=1S/C20H33N3/c1-22(2)20-10-6-7-17(15-20)16-21-18-11-13-23(14-12-18)19-8-4-3-5-9-19/h6-7,10,15,18-19,21H,3-5,8-9,11-14,16H2,1-2H3. The van der Waals surface area contributed by atoms with Gasteiger partial charge in [-0.1, -0.05) is 31.4 Å². The zero-order valence-corrected chi connectivity index (χ0v) is 14.9. The van der Waals surface area contributed by atoms with Gasteiger partial charge in [0.05, 0.1) is 0 Å². The summed E-state index contributed by atoms with van der Waals surface area (Å²) >= 11 is 0. The highest BCUT2D eigenvalue weighted by Gasteiger charge is 2.25. The third-order valence-electron chi connectivity index (χ3n) is 5.64. The van der Waals surface area contributed by atoms with Crippen molar-refractivity contribution in [3.63, 3.8) is 0 Å². The van der Waals surface area contributed by atoms with Gasteiger partial charge in [-0.2, -0.15) is 0 Å². The lowest BCUT2D eigenvalue weighted by atomic mass is 9.92. The Morgan fingerprint density at radius 2 is 1.78 bits per heavy atom. The molecule has 1 N–H and O–H groups in total. The lowest BCUT2D eigenvalue weighted by molar-refractivity contribution is 0.115. The minimum absolute atomic E-state index is 0.692. The molecular formula is C20H33N3. The van der Waals surface area contributed by atoms with Crippen LogP contribution >= 0.6 is 0 Å². The molecule has 0 radical (unpaired) electrons. The maximum atomic E-state index is 3.78. The van der Waals surface area contributed by atoms with E-state index in [1.165, 1.54) is 69.3 Å². The van der Waals surface area contributed by atoms with Crippen LogP contribution in [0, 0.1) is 0 Å². The quantitative estimate of drug-likeness (QED) is 0.895. The molecule has 1 aliphatic carbocycles. The normalized spacial score (nSPS) is 21.5. The number of piperidine rings is 1. The summed E-state index contributed by atoms with van der Waals surface area (Å²) in [4.78, 5) is 4.94. The number of nitrogens with one attached hydrogen (secondary N) is 1. The molecule has 1 aromatic carbocycles. The molecule has 1 heterocycles. The fraction of sp³-hybridized carbons (Fsp3) is 0.700. The van der Waals surface area contributed by atoms with Crippen molar-refractivity contribution >= 4 is 5.69 Å². The van der Waals surface area contributed by atoms with Crippen LogP contribution in [-0.4, -0.2) is 44.2 Å². The molecular weight excluding hydrogens is 282 g/mol. The molecule has 0 spiro atoms. The lowest BCUT2D eigenvalue weighted by Crippen LogP contribution is -2.47. The first-order chi connectivity index (χ1) is 11.2. The van der Waals surface area contributed by atoms with Crippen LogP contribution in [0.3, 0.4) is 0 Å². The highest BCUT2D eigenvalue weighted by Crippen LogP contribution is 2.25. The van der Waals surface area contributed by atoms with E-state index in [9.17, 15) is 0 Å². The summed E-state index contributed by atoms with van der Waals surface area (Å²) in [6, 6.07) is 10.4. The van der Waals surface area contributed by atoms with E-state index in [0.717, 1.165) is 12.6 Å². The number of hydrogen-bond donors (Lipinski definition) is 1. The third kappa shape index (κ3) is 4.71. The molecule has 0 amide bonds. The molecule has 0 atom stereocenters. The summed E-state index contributed by atoms with van der Waals surface area (Å²) in [6.45, 7) is 3.58. The van der Waals surface area contributed by atoms with Crippen molar-refractivity contribution in [3.8, 4) is 0 Å². The van der Waals surface area contributed by atoms with E-state index in [0.29, 0.717) is 6.04 Å². The van der Waals surface area contributed by atoms with Gasteiger partial charge in [-0.25, -0.2) is 0 Å². The maximum absolute atomic E-state index is 3.78. The fourth-order valence-corrected chi connectivity index (χ4v) is 4.12. The average Bonchev–Trinajstić information content (AvgIpc) is 2.61. The Labute approximate surface area is 142 Å². The third-order valence-corrected chi connectivity index (χ3v) is 5.64. The molecule has 2 fully saturated rings. The molecule has 3 heteroatoms. The summed E-state index contributed by atoms with van der Waals surface area (Å²) in [5, 5.41) is 3.78. The Morgan fingerprint density at radius 1 is 1.04 bits per heavy atom. The second kappa shape index (κ2) is 8.16. The van der Waals surface area contributed by atoms with Gasteiger partial charge >= 0.3 is 0 Å². The summed E-state index contributed by atoms with van der Waals surface area (Å²) in [5.41, 5.74) is 2.68. The van der Waals surface area contributed by atoms with Crippen molar-refractivity contribution in [2.45, 2.75) is 63.6 Å². The average molecular weight is 316 g/mol. The van der Waals surface area contributed by atoms with Crippen LogP contribution in [0.25, 0.3) is 0 Å². The molecule has 1 saturated carbocycles. The van der Waals surface area contributed by atoms with Gasteiger partial charge in [0.25, 0.3) is 0 Å². The van der Waals surface area contributed by atoms with E-state index in [1.54, 1.807) is 0 Å². The monoisotopic (exact) mass is 315 g/mol. The van der Waals surface area contributed by atoms with Gasteiger partial charge in [-0.05, 0) is 56.5 Å². The molecule has 1 aliphatic heterocycles. The predicted molar refractivity (Wildman–Crippen MR) is 99.1 cm³/mol. The molecule has 3 rings (SSSR count). The van der Waals surface area contributed by atoms with Crippen molar-refractivity contribution < 1.29 is 0 Å². The number of anilines is 1. The van der Waals surface area contributed by atoms with Crippen LogP contribution < -0.4 is 10.2 Å². The number of nitrogens with zero attached hydrogens (tertiary/aromatic N) is 2. The molecule has 2 aliphatic rings. The number of likely N-dealkylation sites (tertiary alicyclic amines) is 1. The van der Waals surface area contributed by atoms with Gasteiger partial charge in [0.1, 0.15) is 0 Å². The summed E-state index contributed by atoms with van der Waals surface area (Å²) in [7, 11) is 4.21. The summed E-state index contributed by atoms with van der Waals surface area (Å²) < 4.78 is 0. The van der Waals surface area contributed by atoms with Crippen molar-refractivity contribution in [2.75, 3.05) is 32.1 Å². The molecule has 3 nitrogen and oxygen atoms in total. The summed E-state index contributed by atoms with van der Waals surface area (Å²) in [6.07, 6.45) is 9.86. The molecule has 0 unspecified atom stereocenters. The highest BCUT2D eigenvalue weighted by atomic mass is 15.2. The van der Waals surface area contributed by atoms with Crippen LogP contribution in [0.4, 0.5) is 5.69 Å². The first-order valence-corrected chi connectivity index (χ1v) is 9.46. The summed E-state index contributed by atoms with van der Waals surface area (Å²) in [5.74, 6) is 0. The first-order valence-electron chi connectivity index (χ1n) is 9.46. The SMILES string of the molecule is CN(C)c1cccc(CNC2CCN(C3CCCCC3)CC2)c1. The Bertz CT molecular complexity index is 472. The second-order valence-corrected chi connectivity index (χ2v) is 7.55. The van der Waals surface area contributed by atoms with Crippen LogP contribution in [0.5, 0.6) is 0 Å². The van der Waals surface area contributed by atoms with Gasteiger partial charge in [0.2, 0.25) is 0 Å². The minimum Gasteiger partial charge on any atom is -0.378 e. The van der Waals surface area contributed by atoms with Crippen molar-refractivity contribution in [1.82, 2.24) is 10.2 Å². The predicted octanol–water partition coefficient (Wildman–Crippen LogP) is 3.64. The second-order valence-electron chi connectivity index (χ2n) is 7.55. The smallest absolute Gasteiger partial charge is 0.0364 e. The van der Waals surface area contributed by atoms with Crippen molar-refractivity contribution in [2.24, 2.45) is 0 Å². The minimum atomic E-state index is 0.692. The van der Waals surface area contributed by atoms with Crippen LogP contribution in [0.15, 0.2) is 24.3 Å². The van der Waals surface area contributed by atoms with Crippen LogP contribution in [-0.2, 0) is 6.54 Å². The first kappa shape index (κ1) is 16.8. The zero-order chi connectivity index (χ0) is 16.1. The number of hydrogen-bond acceptors (Lipinski definition) is 3. The van der Waals surface area contributed by atoms with Crippen LogP contribution in [0.2, 0.25) is 0 Å². The van der Waals surface area contributed by atoms with Crippen molar-refractivity contribution in [3.05, 3.63) is 29.8 Å². The van der Waals surface area contributed by atoms with Gasteiger partial charge < -0.3 is 15.1 Å². The Balaban J connectivity index is 1.43. The van der Waals surface area contributed by atoms with Gasteiger partial charge in [0, 0.05) is 38.4 Å². The largest absolute Gasteiger partial charge is 0.378 e. The fourth-order valence-electron chi connectivity index (χ4n) is 4.12. The lowest BCUT2D eigenvalue weighted by Gasteiger charge is -2.39. The highest BCUT2D eigenvalue weighted by molar-refractivity contribution is 5.47. The van der Waals surface area contributed by atoms with E-state index in [2.05, 4.69) is 53.5 Å². The van der Waals surface area contributed by atoms with E-state index < -0.39 is 0 Å². The van der Waals surface area contributed by atoms with E-state index in [-0.39, 0.29) is 0 Å². The van der Waals surface area contributed by atoms with E-state index in [1.807, 2.05) is 0 Å². The zero-order valence-electron chi connectivity index (χ0n) is 14.9. The molecule has 0 aromatic heterocycles. The molecule has 0 bridgehead atoms. The Hall–Kier alpha value is -1.06. The Morgan fingerprint density at radius 3 is 2.48 bits per heavy atom. The molecule has 23 heavy (non-hydrogen) atoms. The Kier molecular flexibility index (Phi) is 5.96. The van der Waals surface area contributed by atoms with Gasteiger partial charge in [-0.15, -0.1) is 0 Å². The van der Waals surface area contributed by atoms with Crippen LogP contribution in [0.1, 0.15) is 50.5 Å². The number of rotatable bonds is 5. The maximum Gasteiger partial charge on any atom is 0.0364 e. The molecule has 1 saturated heterocycles. The van der Waals surface area contributed by atoms with E-state index in [4.69, 9.17) is 0 Å². The topological polar surface area (TPSA) is 18.5 Å². The molecule has 1 aromatic rings. The van der Waals surface area contributed by atoms with Gasteiger partial charge in [-0.3, -0.25) is 0 Å². The molecule has 128 valence electrons. The van der Waals surface area contributed by atoms with Crippen molar-refractivity contribution in [1.29, 1.82) is 0 Å². The number of benzene rings is 1. The van der Waals surface area contributed by atoms with E-state index >= 15 is 0 Å².